The third-order valence-electron chi connectivity index (χ3n) is 5.27. The molecule has 1 saturated carbocycles. The molecule has 1 aliphatic carbocycles. The maximum absolute atomic E-state index is 12.6. The van der Waals surface area contributed by atoms with Gasteiger partial charge in [0.05, 0.1) is 18.6 Å². The molecule has 7 nitrogen and oxygen atoms in total. The fourth-order valence-electron chi connectivity index (χ4n) is 3.75. The summed E-state index contributed by atoms with van der Waals surface area (Å²) >= 11 is 0.903. The summed E-state index contributed by atoms with van der Waals surface area (Å²) in [4.78, 5) is 38.5. The van der Waals surface area contributed by atoms with Gasteiger partial charge in [0.25, 0.3) is 11.1 Å². The van der Waals surface area contributed by atoms with Crippen LogP contribution >= 0.6 is 11.8 Å². The number of imide groups is 1. The van der Waals surface area contributed by atoms with E-state index < -0.39 is 0 Å². The molecule has 1 aromatic rings. The van der Waals surface area contributed by atoms with Crippen molar-refractivity contribution >= 4 is 34.9 Å². The third kappa shape index (κ3) is 5.56. The van der Waals surface area contributed by atoms with Crippen LogP contribution in [0.15, 0.2) is 23.1 Å². The molecule has 3 amide bonds. The first-order valence-electron chi connectivity index (χ1n) is 10.3. The molecular formula is C22H28N2O5S. The Morgan fingerprint density at radius 2 is 2.03 bits per heavy atom. The third-order valence-corrected chi connectivity index (χ3v) is 6.17. The smallest absolute Gasteiger partial charge is 0.293 e. The average molecular weight is 433 g/mol. The standard InChI is InChI=1S/C22H28N2O5S/c1-3-29-17-9-8-16(12-18(17)28-2)13-19-21(26)24(22(27)30-19)11-10-23-20(25)14-15-6-4-5-7-15/h8-9,12-13,15H,3-7,10-11,14H2,1-2H3,(H,23,25). The fraction of sp³-hybridized carbons (Fsp3) is 0.500. The van der Waals surface area contributed by atoms with E-state index in [1.807, 2.05) is 13.0 Å². The predicted octanol–water partition coefficient (Wildman–Crippen LogP) is 3.83. The van der Waals surface area contributed by atoms with Crippen LogP contribution in [0.2, 0.25) is 0 Å². The lowest BCUT2D eigenvalue weighted by molar-refractivity contribution is -0.124. The average Bonchev–Trinajstić information content (AvgIpc) is 3.32. The molecule has 0 aromatic heterocycles. The Bertz CT molecular complexity index is 833. The Morgan fingerprint density at radius 3 is 2.73 bits per heavy atom. The summed E-state index contributed by atoms with van der Waals surface area (Å²) in [6, 6.07) is 5.35. The van der Waals surface area contributed by atoms with Crippen LogP contribution in [-0.4, -0.2) is 48.8 Å². The van der Waals surface area contributed by atoms with Gasteiger partial charge in [0.15, 0.2) is 11.5 Å². The van der Waals surface area contributed by atoms with Crippen molar-refractivity contribution in [1.29, 1.82) is 0 Å². The Hall–Kier alpha value is -2.48. The lowest BCUT2D eigenvalue weighted by Gasteiger charge is -2.14. The van der Waals surface area contributed by atoms with E-state index in [4.69, 9.17) is 9.47 Å². The number of carbonyl (C=O) groups is 3. The second-order valence-corrected chi connectivity index (χ2v) is 8.37. The van der Waals surface area contributed by atoms with Gasteiger partial charge < -0.3 is 14.8 Å². The zero-order chi connectivity index (χ0) is 21.5. The van der Waals surface area contributed by atoms with Crippen LogP contribution in [0.1, 0.15) is 44.6 Å². The molecule has 0 bridgehead atoms. The molecule has 2 fully saturated rings. The second-order valence-electron chi connectivity index (χ2n) is 7.38. The summed E-state index contributed by atoms with van der Waals surface area (Å²) in [6.07, 6.45) is 6.81. The number of hydrogen-bond donors (Lipinski definition) is 1. The van der Waals surface area contributed by atoms with E-state index in [1.165, 1.54) is 17.7 Å². The van der Waals surface area contributed by atoms with E-state index >= 15 is 0 Å². The van der Waals surface area contributed by atoms with Crippen molar-refractivity contribution < 1.29 is 23.9 Å². The van der Waals surface area contributed by atoms with Crippen LogP contribution < -0.4 is 14.8 Å². The highest BCUT2D eigenvalue weighted by atomic mass is 32.2. The minimum absolute atomic E-state index is 0.00843. The van der Waals surface area contributed by atoms with E-state index in [9.17, 15) is 14.4 Å². The van der Waals surface area contributed by atoms with Gasteiger partial charge in [0, 0.05) is 19.5 Å². The molecule has 162 valence electrons. The van der Waals surface area contributed by atoms with Gasteiger partial charge in [-0.05, 0) is 61.2 Å². The Labute approximate surface area is 181 Å². The second kappa shape index (κ2) is 10.5. The van der Waals surface area contributed by atoms with Crippen molar-refractivity contribution in [3.8, 4) is 11.5 Å². The molecule has 1 aliphatic heterocycles. The van der Waals surface area contributed by atoms with Crippen molar-refractivity contribution in [2.24, 2.45) is 5.92 Å². The topological polar surface area (TPSA) is 84.9 Å². The monoisotopic (exact) mass is 432 g/mol. The van der Waals surface area contributed by atoms with Crippen LogP contribution in [0.3, 0.4) is 0 Å². The highest BCUT2D eigenvalue weighted by Gasteiger charge is 2.34. The molecule has 30 heavy (non-hydrogen) atoms. The number of methoxy groups -OCH3 is 1. The highest BCUT2D eigenvalue weighted by molar-refractivity contribution is 8.18. The molecule has 0 spiro atoms. The van der Waals surface area contributed by atoms with Crippen LogP contribution in [0.5, 0.6) is 11.5 Å². The lowest BCUT2D eigenvalue weighted by atomic mass is 10.0. The van der Waals surface area contributed by atoms with Gasteiger partial charge in [0.2, 0.25) is 5.91 Å². The summed E-state index contributed by atoms with van der Waals surface area (Å²) in [5.41, 5.74) is 0.741. The summed E-state index contributed by atoms with van der Waals surface area (Å²) in [5, 5.41) is 2.51. The van der Waals surface area contributed by atoms with Gasteiger partial charge in [-0.25, -0.2) is 0 Å². The first-order valence-corrected chi connectivity index (χ1v) is 11.2. The van der Waals surface area contributed by atoms with Crippen molar-refractivity contribution in [2.45, 2.75) is 39.0 Å². The molecule has 3 rings (SSSR count). The number of carbonyl (C=O) groups excluding carboxylic acids is 3. The van der Waals surface area contributed by atoms with E-state index in [2.05, 4.69) is 5.32 Å². The molecule has 8 heteroatoms. The van der Waals surface area contributed by atoms with Gasteiger partial charge in [-0.1, -0.05) is 18.9 Å². The number of amides is 3. The van der Waals surface area contributed by atoms with Crippen molar-refractivity contribution in [1.82, 2.24) is 10.2 Å². The molecule has 1 aromatic carbocycles. The first kappa shape index (κ1) is 22.2. The Morgan fingerprint density at radius 1 is 1.27 bits per heavy atom. The molecule has 2 aliphatic rings. The van der Waals surface area contributed by atoms with Gasteiger partial charge in [0.1, 0.15) is 0 Å². The minimum Gasteiger partial charge on any atom is -0.493 e. The van der Waals surface area contributed by atoms with E-state index in [-0.39, 0.29) is 30.1 Å². The molecule has 0 unspecified atom stereocenters. The molecule has 0 atom stereocenters. The maximum atomic E-state index is 12.6. The SMILES string of the molecule is CCOc1ccc(C=C2SC(=O)N(CCNC(=O)CC3CCCC3)C2=O)cc1OC. The highest BCUT2D eigenvalue weighted by Crippen LogP contribution is 2.34. The predicted molar refractivity (Wildman–Crippen MR) is 116 cm³/mol. The number of thioether (sulfide) groups is 1. The zero-order valence-electron chi connectivity index (χ0n) is 17.4. The minimum atomic E-state index is -0.345. The summed E-state index contributed by atoms with van der Waals surface area (Å²) in [5.74, 6) is 1.30. The van der Waals surface area contributed by atoms with Gasteiger partial charge >= 0.3 is 0 Å². The van der Waals surface area contributed by atoms with E-state index in [0.717, 1.165) is 30.2 Å². The van der Waals surface area contributed by atoms with Crippen LogP contribution in [0, 0.1) is 5.92 Å². The van der Waals surface area contributed by atoms with Crippen LogP contribution in [-0.2, 0) is 9.59 Å². The zero-order valence-corrected chi connectivity index (χ0v) is 18.3. The quantitative estimate of drug-likeness (QED) is 0.597. The lowest BCUT2D eigenvalue weighted by Crippen LogP contribution is -2.37. The summed E-state index contributed by atoms with van der Waals surface area (Å²) in [7, 11) is 1.55. The van der Waals surface area contributed by atoms with E-state index in [0.29, 0.717) is 35.3 Å². The van der Waals surface area contributed by atoms with Gasteiger partial charge in [-0.2, -0.15) is 0 Å². The largest absolute Gasteiger partial charge is 0.493 e. The fourth-order valence-corrected chi connectivity index (χ4v) is 4.61. The molecule has 1 saturated heterocycles. The Kier molecular flexibility index (Phi) is 7.79. The Balaban J connectivity index is 1.56. The van der Waals surface area contributed by atoms with Crippen LogP contribution in [0.4, 0.5) is 4.79 Å². The number of nitrogens with one attached hydrogen (secondary N) is 1. The maximum Gasteiger partial charge on any atom is 0.293 e. The first-order chi connectivity index (χ1) is 14.5. The number of nitrogens with zero attached hydrogens (tertiary/aromatic N) is 1. The number of ether oxygens (including phenoxy) is 2. The summed E-state index contributed by atoms with van der Waals surface area (Å²) in [6.45, 7) is 2.85. The van der Waals surface area contributed by atoms with E-state index in [1.54, 1.807) is 25.3 Å². The van der Waals surface area contributed by atoms with Crippen LogP contribution in [0.25, 0.3) is 6.08 Å². The molecule has 1 N–H and O–H groups in total. The number of rotatable bonds is 9. The van der Waals surface area contributed by atoms with Crippen molar-refractivity contribution in [3.63, 3.8) is 0 Å². The number of hydrogen-bond acceptors (Lipinski definition) is 6. The summed E-state index contributed by atoms with van der Waals surface area (Å²) < 4.78 is 10.8. The molecule has 0 radical (unpaired) electrons. The number of benzene rings is 1. The molecule has 1 heterocycles. The van der Waals surface area contributed by atoms with Crippen molar-refractivity contribution in [2.75, 3.05) is 26.8 Å². The van der Waals surface area contributed by atoms with Crippen molar-refractivity contribution in [3.05, 3.63) is 28.7 Å². The van der Waals surface area contributed by atoms with Gasteiger partial charge in [-0.15, -0.1) is 0 Å². The van der Waals surface area contributed by atoms with Gasteiger partial charge in [-0.3, -0.25) is 19.3 Å². The normalized spacial score (nSPS) is 18.3. The molecular weight excluding hydrogens is 404 g/mol.